The fourth-order valence-corrected chi connectivity index (χ4v) is 7.10. The molecule has 0 heterocycles. The fraction of sp³-hybridized carbons (Fsp3) is 0.333. The summed E-state index contributed by atoms with van der Waals surface area (Å²) in [6.45, 7) is 3.59. The lowest BCUT2D eigenvalue weighted by Crippen LogP contribution is -2.53. The van der Waals surface area contributed by atoms with Gasteiger partial charge in [0.05, 0.1) is 6.04 Å². The summed E-state index contributed by atoms with van der Waals surface area (Å²) in [5.74, 6) is -10.6. The van der Waals surface area contributed by atoms with Crippen LogP contribution in [-0.4, -0.2) is 59.4 Å². The number of rotatable bonds is 20. The number of benzene rings is 4. The van der Waals surface area contributed by atoms with E-state index >= 15 is 0 Å². The molecule has 59 heavy (non-hydrogen) atoms. The number of primary amides is 1. The lowest BCUT2D eigenvalue weighted by Gasteiger charge is -2.25. The van der Waals surface area contributed by atoms with Gasteiger partial charge in [-0.1, -0.05) is 117 Å². The second-order valence-electron chi connectivity index (χ2n) is 14.9. The van der Waals surface area contributed by atoms with Crippen molar-refractivity contribution >= 4 is 35.6 Å². The maximum atomic E-state index is 14.2. The van der Waals surface area contributed by atoms with Crippen LogP contribution in [-0.2, 0) is 52.4 Å². The van der Waals surface area contributed by atoms with Crippen LogP contribution in [0.2, 0.25) is 0 Å². The molecule has 5 N–H and O–H groups in total. The van der Waals surface area contributed by atoms with Gasteiger partial charge in [-0.3, -0.25) is 19.2 Å². The van der Waals surface area contributed by atoms with E-state index < -0.39 is 65.1 Å². The van der Waals surface area contributed by atoms with E-state index in [0.717, 1.165) is 39.9 Å². The van der Waals surface area contributed by atoms with Crippen LogP contribution < -0.4 is 16.4 Å². The standard InChI is InChI=1S/C45H47F2N3O9/c1-27(2)22-30(41(48)53)24-39(51)38(23-28-16-18-31(19-17-28)45(46,47)43(55)56)49-42(54)37(20-21-40(52)58-25-29-10-4-3-5-11-29)50-44(57)59-26-36-34-14-8-6-12-32(34)33-13-7-9-15-35(33)36/h3-19,27,30,36-38H,20-26H2,1-2H3,(H2,48,53)(H,49,54)(H,50,57)(H,55,56)/t30-,37+,38+/m1/s1. The number of nitrogens with two attached hydrogens (primary N) is 1. The summed E-state index contributed by atoms with van der Waals surface area (Å²) in [4.78, 5) is 77.7. The van der Waals surface area contributed by atoms with Gasteiger partial charge >= 0.3 is 24.0 Å². The van der Waals surface area contributed by atoms with E-state index in [9.17, 15) is 37.5 Å². The number of ketones is 1. The highest BCUT2D eigenvalue weighted by Crippen LogP contribution is 2.44. The number of halogens is 2. The molecular formula is C45H47F2N3O9. The number of alkyl carbamates (subject to hydrolysis) is 1. The molecule has 0 fully saturated rings. The number of esters is 1. The first-order valence-corrected chi connectivity index (χ1v) is 19.3. The van der Waals surface area contributed by atoms with Crippen LogP contribution in [0.3, 0.4) is 0 Å². The average molecular weight is 812 g/mol. The molecule has 4 aromatic rings. The Morgan fingerprint density at radius 1 is 0.763 bits per heavy atom. The second-order valence-corrected chi connectivity index (χ2v) is 14.9. The number of carboxylic acids is 1. The topological polar surface area (TPSA) is 191 Å². The molecule has 1 aliphatic rings. The van der Waals surface area contributed by atoms with Crippen molar-refractivity contribution in [2.45, 2.75) is 76.5 Å². The number of Topliss-reactive ketones (excluding diaryl/α,β-unsaturated/α-hetero) is 1. The van der Waals surface area contributed by atoms with Crippen molar-refractivity contribution in [3.63, 3.8) is 0 Å². The van der Waals surface area contributed by atoms with Gasteiger partial charge in [0.2, 0.25) is 11.8 Å². The number of amides is 3. The maximum Gasteiger partial charge on any atom is 0.407 e. The zero-order valence-electron chi connectivity index (χ0n) is 32.7. The van der Waals surface area contributed by atoms with Crippen LogP contribution >= 0.6 is 0 Å². The van der Waals surface area contributed by atoms with Crippen molar-refractivity contribution in [2.24, 2.45) is 17.6 Å². The first-order valence-electron chi connectivity index (χ1n) is 19.3. The predicted octanol–water partition coefficient (Wildman–Crippen LogP) is 6.43. The molecule has 0 aromatic heterocycles. The summed E-state index contributed by atoms with van der Waals surface area (Å²) in [5.41, 5.74) is 9.79. The Balaban J connectivity index is 1.35. The summed E-state index contributed by atoms with van der Waals surface area (Å²) in [6, 6.07) is 25.8. The van der Waals surface area contributed by atoms with Crippen LogP contribution in [0.15, 0.2) is 103 Å². The van der Waals surface area contributed by atoms with Crippen molar-refractivity contribution in [2.75, 3.05) is 6.61 Å². The number of carboxylic acid groups (broad SMARTS) is 1. The average Bonchev–Trinajstić information content (AvgIpc) is 3.53. The van der Waals surface area contributed by atoms with Crippen LogP contribution in [0, 0.1) is 11.8 Å². The molecule has 4 aromatic carbocycles. The molecule has 0 bridgehead atoms. The molecule has 0 radical (unpaired) electrons. The minimum absolute atomic E-state index is 0.00998. The van der Waals surface area contributed by atoms with Gasteiger partial charge in [0.15, 0.2) is 5.78 Å². The number of hydrogen-bond acceptors (Lipinski definition) is 8. The van der Waals surface area contributed by atoms with Crippen molar-refractivity contribution in [3.8, 4) is 11.1 Å². The van der Waals surface area contributed by atoms with E-state index in [1.807, 2.05) is 68.4 Å². The van der Waals surface area contributed by atoms with Gasteiger partial charge in [-0.25, -0.2) is 9.59 Å². The third-order valence-electron chi connectivity index (χ3n) is 10.2. The highest BCUT2D eigenvalue weighted by atomic mass is 19.3. The highest BCUT2D eigenvalue weighted by molar-refractivity contribution is 5.94. The molecule has 3 amide bonds. The number of carbonyl (C=O) groups is 6. The normalized spacial score (nSPS) is 13.6. The third-order valence-corrected chi connectivity index (χ3v) is 10.2. The molecule has 3 atom stereocenters. The molecule has 5 rings (SSSR count). The second kappa shape index (κ2) is 19.8. The molecule has 0 saturated heterocycles. The fourth-order valence-electron chi connectivity index (χ4n) is 7.10. The minimum Gasteiger partial charge on any atom is -0.477 e. The van der Waals surface area contributed by atoms with Gasteiger partial charge in [0, 0.05) is 30.2 Å². The van der Waals surface area contributed by atoms with Gasteiger partial charge in [-0.15, -0.1) is 0 Å². The maximum absolute atomic E-state index is 14.2. The number of alkyl halides is 2. The van der Waals surface area contributed by atoms with E-state index in [0.29, 0.717) is 0 Å². The van der Waals surface area contributed by atoms with Gasteiger partial charge in [0.25, 0.3) is 0 Å². The highest BCUT2D eigenvalue weighted by Gasteiger charge is 2.41. The smallest absolute Gasteiger partial charge is 0.407 e. The first-order chi connectivity index (χ1) is 28.1. The van der Waals surface area contributed by atoms with Crippen LogP contribution in [0.1, 0.15) is 73.3 Å². The number of hydrogen-bond donors (Lipinski definition) is 4. The van der Waals surface area contributed by atoms with E-state index in [4.69, 9.17) is 20.3 Å². The Morgan fingerprint density at radius 3 is 1.93 bits per heavy atom. The molecule has 0 saturated carbocycles. The van der Waals surface area contributed by atoms with Gasteiger partial charge in [-0.05, 0) is 58.6 Å². The summed E-state index contributed by atoms with van der Waals surface area (Å²) < 4.78 is 39.5. The van der Waals surface area contributed by atoms with E-state index in [1.165, 1.54) is 12.1 Å². The number of aliphatic carboxylic acids is 1. The number of carbonyl (C=O) groups excluding carboxylic acids is 5. The van der Waals surface area contributed by atoms with Crippen molar-refractivity contribution < 1.29 is 52.1 Å². The largest absolute Gasteiger partial charge is 0.477 e. The van der Waals surface area contributed by atoms with Crippen molar-refractivity contribution in [1.82, 2.24) is 10.6 Å². The lowest BCUT2D eigenvalue weighted by molar-refractivity contribution is -0.166. The Morgan fingerprint density at radius 2 is 1.36 bits per heavy atom. The number of ether oxygens (including phenoxy) is 2. The molecule has 0 unspecified atom stereocenters. The Kier molecular flexibility index (Phi) is 14.7. The summed E-state index contributed by atoms with van der Waals surface area (Å²) in [6.07, 6.45) is -1.88. The Hall–Kier alpha value is -6.44. The molecule has 1 aliphatic carbocycles. The minimum atomic E-state index is -4.17. The van der Waals surface area contributed by atoms with Crippen LogP contribution in [0.4, 0.5) is 13.6 Å². The third kappa shape index (κ3) is 11.6. The summed E-state index contributed by atoms with van der Waals surface area (Å²) >= 11 is 0. The number of fused-ring (bicyclic) bond motifs is 3. The van der Waals surface area contributed by atoms with E-state index in [1.54, 1.807) is 24.3 Å². The zero-order chi connectivity index (χ0) is 42.7. The molecule has 0 aliphatic heterocycles. The first kappa shape index (κ1) is 43.7. The van der Waals surface area contributed by atoms with Crippen molar-refractivity contribution in [3.05, 3.63) is 131 Å². The summed E-state index contributed by atoms with van der Waals surface area (Å²) in [5, 5.41) is 14.1. The zero-order valence-corrected chi connectivity index (χ0v) is 32.7. The molecule has 12 nitrogen and oxygen atoms in total. The predicted molar refractivity (Wildman–Crippen MR) is 213 cm³/mol. The monoisotopic (exact) mass is 811 g/mol. The van der Waals surface area contributed by atoms with Gasteiger partial charge in [-0.2, -0.15) is 8.78 Å². The number of nitrogens with one attached hydrogen (secondary N) is 2. The Labute approximate surface area is 340 Å². The quantitative estimate of drug-likeness (QED) is 0.0729. The van der Waals surface area contributed by atoms with Crippen molar-refractivity contribution in [1.29, 1.82) is 0 Å². The molecule has 310 valence electrons. The molecular weight excluding hydrogens is 765 g/mol. The lowest BCUT2D eigenvalue weighted by atomic mass is 9.88. The SMILES string of the molecule is CC(C)C[C@H](CC(=O)[C@H](Cc1ccc(C(F)(F)C(=O)O)cc1)NC(=O)[C@H](CCC(=O)OCc1ccccc1)NC(=O)OCC1c2ccccc2-c2ccccc21)C(N)=O. The molecule has 14 heteroatoms. The van der Waals surface area contributed by atoms with E-state index in [-0.39, 0.29) is 62.7 Å². The molecule has 0 spiro atoms. The Bertz CT molecular complexity index is 2100. The van der Waals surface area contributed by atoms with Crippen LogP contribution in [0.5, 0.6) is 0 Å². The van der Waals surface area contributed by atoms with Crippen LogP contribution in [0.25, 0.3) is 11.1 Å². The van der Waals surface area contributed by atoms with Gasteiger partial charge < -0.3 is 30.9 Å². The summed E-state index contributed by atoms with van der Waals surface area (Å²) in [7, 11) is 0. The van der Waals surface area contributed by atoms with Gasteiger partial charge in [0.1, 0.15) is 19.3 Å². The van der Waals surface area contributed by atoms with E-state index in [2.05, 4.69) is 10.6 Å².